The van der Waals surface area contributed by atoms with E-state index in [1.54, 1.807) is 12.4 Å². The molecule has 5 rings (SSSR count). The van der Waals surface area contributed by atoms with Crippen LogP contribution in [0.5, 0.6) is 5.75 Å². The number of nitrogens with one attached hydrogen (secondary N) is 2. The summed E-state index contributed by atoms with van der Waals surface area (Å²) in [7, 11) is 0. The van der Waals surface area contributed by atoms with Crippen LogP contribution in [0.15, 0.2) is 97.7 Å². The van der Waals surface area contributed by atoms with Gasteiger partial charge in [-0.3, -0.25) is 9.97 Å². The molecule has 0 fully saturated rings. The van der Waals surface area contributed by atoms with Crippen LogP contribution in [-0.4, -0.2) is 26.4 Å². The Hall–Kier alpha value is -4.65. The molecule has 0 saturated carbocycles. The van der Waals surface area contributed by atoms with Crippen LogP contribution in [0.4, 0.5) is 11.5 Å². The second-order valence-corrected chi connectivity index (χ2v) is 10.6. The number of aryl methyl sites for hydroxylation is 1. The lowest BCUT2D eigenvalue weighted by molar-refractivity contribution is 0.326. The van der Waals surface area contributed by atoms with Gasteiger partial charge in [0.05, 0.1) is 24.2 Å². The molecule has 0 atom stereocenters. The van der Waals surface area contributed by atoms with Gasteiger partial charge in [-0.15, -0.1) is 0 Å². The first-order valence-electron chi connectivity index (χ1n) is 13.1. The van der Waals surface area contributed by atoms with E-state index in [4.69, 9.17) is 9.84 Å². The average Bonchev–Trinajstić information content (AvgIpc) is 3.35. The predicted octanol–water partition coefficient (Wildman–Crippen LogP) is 7.04. The van der Waals surface area contributed by atoms with Crippen molar-refractivity contribution in [3.8, 4) is 11.4 Å². The Labute approximate surface area is 229 Å². The minimum Gasteiger partial charge on any atom is -0.493 e. The van der Waals surface area contributed by atoms with Crippen LogP contribution in [-0.2, 0) is 11.8 Å². The summed E-state index contributed by atoms with van der Waals surface area (Å²) in [5.41, 5.74) is 4.83. The van der Waals surface area contributed by atoms with Crippen molar-refractivity contribution >= 4 is 22.3 Å². The summed E-state index contributed by atoms with van der Waals surface area (Å²) >= 11 is 0. The van der Waals surface area contributed by atoms with Crippen molar-refractivity contribution in [2.45, 2.75) is 39.5 Å². The van der Waals surface area contributed by atoms with Crippen LogP contribution in [0.2, 0.25) is 0 Å². The second-order valence-electron chi connectivity index (χ2n) is 10.6. The number of ether oxygens (including phenoxy) is 1. The van der Waals surface area contributed by atoms with Crippen LogP contribution in [0.1, 0.15) is 37.7 Å². The molecule has 0 aliphatic heterocycles. The third kappa shape index (κ3) is 6.09. The number of fused-ring (bicyclic) bond motifs is 1. The minimum atomic E-state index is -0.113. The highest BCUT2D eigenvalue weighted by atomic mass is 16.5. The van der Waals surface area contributed by atoms with Crippen LogP contribution in [0.25, 0.3) is 16.5 Å². The van der Waals surface area contributed by atoms with Crippen LogP contribution in [0.3, 0.4) is 0 Å². The van der Waals surface area contributed by atoms with Gasteiger partial charge in [0.25, 0.3) is 0 Å². The lowest BCUT2D eigenvalue weighted by atomic mass is 9.92. The molecule has 39 heavy (non-hydrogen) atoms. The third-order valence-corrected chi connectivity index (χ3v) is 6.46. The molecule has 0 aliphatic carbocycles. The van der Waals surface area contributed by atoms with Crippen molar-refractivity contribution < 1.29 is 4.74 Å². The van der Waals surface area contributed by atoms with Crippen molar-refractivity contribution in [2.24, 2.45) is 0 Å². The van der Waals surface area contributed by atoms with Crippen molar-refractivity contribution in [2.75, 3.05) is 17.2 Å². The van der Waals surface area contributed by atoms with Crippen LogP contribution < -0.4 is 15.4 Å². The Balaban J connectivity index is 1.36. The highest BCUT2D eigenvalue weighted by Gasteiger charge is 2.21. The van der Waals surface area contributed by atoms with Gasteiger partial charge in [0, 0.05) is 52.4 Å². The molecule has 7 heteroatoms. The Morgan fingerprint density at radius 2 is 1.72 bits per heavy atom. The summed E-state index contributed by atoms with van der Waals surface area (Å²) in [4.78, 5) is 8.53. The van der Waals surface area contributed by atoms with Crippen molar-refractivity contribution in [3.63, 3.8) is 0 Å². The highest BCUT2D eigenvalue weighted by molar-refractivity contribution is 5.98. The summed E-state index contributed by atoms with van der Waals surface area (Å²) in [5.74, 6) is 2.29. The molecule has 198 valence electrons. The zero-order valence-corrected chi connectivity index (χ0v) is 22.9. The van der Waals surface area contributed by atoms with Gasteiger partial charge in [0.2, 0.25) is 0 Å². The smallest absolute Gasteiger partial charge is 0.135 e. The number of aromatic nitrogens is 4. The van der Waals surface area contributed by atoms with E-state index in [0.717, 1.165) is 51.5 Å². The van der Waals surface area contributed by atoms with E-state index >= 15 is 0 Å². The number of hydrogen-bond donors (Lipinski definition) is 2. The van der Waals surface area contributed by atoms with E-state index in [1.807, 2.05) is 66.3 Å². The highest BCUT2D eigenvalue weighted by Crippen LogP contribution is 2.33. The first-order chi connectivity index (χ1) is 18.8. The number of anilines is 2. The predicted molar refractivity (Wildman–Crippen MR) is 159 cm³/mol. The molecule has 2 aromatic carbocycles. The van der Waals surface area contributed by atoms with Gasteiger partial charge >= 0.3 is 0 Å². The van der Waals surface area contributed by atoms with Gasteiger partial charge in [0.1, 0.15) is 17.4 Å². The summed E-state index contributed by atoms with van der Waals surface area (Å²) in [6, 6.07) is 22.3. The first-order valence-corrected chi connectivity index (χ1v) is 13.1. The molecule has 0 bridgehead atoms. The Bertz CT molecular complexity index is 1580. The summed E-state index contributed by atoms with van der Waals surface area (Å²) < 4.78 is 8.06. The molecule has 0 spiro atoms. The van der Waals surface area contributed by atoms with Gasteiger partial charge in [-0.05, 0) is 48.9 Å². The van der Waals surface area contributed by atoms with Crippen molar-refractivity contribution in [3.05, 3.63) is 115 Å². The number of benzene rings is 2. The van der Waals surface area contributed by atoms with E-state index < -0.39 is 0 Å². The Morgan fingerprint density at radius 1 is 0.949 bits per heavy atom. The maximum Gasteiger partial charge on any atom is 0.135 e. The largest absolute Gasteiger partial charge is 0.493 e. The van der Waals surface area contributed by atoms with Gasteiger partial charge in [-0.2, -0.15) is 5.10 Å². The van der Waals surface area contributed by atoms with E-state index in [-0.39, 0.29) is 5.41 Å². The molecule has 3 aromatic heterocycles. The molecule has 2 N–H and O–H groups in total. The third-order valence-electron chi connectivity index (χ3n) is 6.46. The zero-order valence-electron chi connectivity index (χ0n) is 22.9. The van der Waals surface area contributed by atoms with Gasteiger partial charge in [0.15, 0.2) is 0 Å². The molecule has 0 amide bonds. The zero-order chi connectivity index (χ0) is 27.4. The molecular formula is C32H34N6O. The van der Waals surface area contributed by atoms with E-state index in [0.29, 0.717) is 12.4 Å². The monoisotopic (exact) mass is 518 g/mol. The molecule has 0 unspecified atom stereocenters. The standard InChI is InChI=1S/C32H34N6O/c1-22-10-11-25(21-34-22)38-31(20-30(37-38)32(3,4)5)36-23(2)35-28-12-13-29(27-9-7-6-8-26(27)28)39-19-16-24-14-17-33-18-15-24/h6-15,17-18,20-21,35-36H,2,16,19H2,1,3-5H3. The minimum absolute atomic E-state index is 0.113. The molecule has 3 heterocycles. The van der Waals surface area contributed by atoms with E-state index in [1.165, 1.54) is 5.56 Å². The van der Waals surface area contributed by atoms with E-state index in [9.17, 15) is 0 Å². The molecule has 5 aromatic rings. The normalized spacial score (nSPS) is 11.4. The van der Waals surface area contributed by atoms with Crippen molar-refractivity contribution in [1.29, 1.82) is 0 Å². The topological polar surface area (TPSA) is 76.9 Å². The summed E-state index contributed by atoms with van der Waals surface area (Å²) in [6.07, 6.45) is 6.26. The van der Waals surface area contributed by atoms with Crippen LogP contribution >= 0.6 is 0 Å². The maximum atomic E-state index is 6.18. The van der Waals surface area contributed by atoms with Gasteiger partial charge < -0.3 is 15.4 Å². The fourth-order valence-corrected chi connectivity index (χ4v) is 4.30. The fraction of sp³-hybridized carbons (Fsp3) is 0.219. The molecule has 0 aliphatic rings. The summed E-state index contributed by atoms with van der Waals surface area (Å²) in [6.45, 7) is 13.3. The number of rotatable bonds is 9. The molecule has 0 radical (unpaired) electrons. The van der Waals surface area contributed by atoms with Crippen molar-refractivity contribution in [1.82, 2.24) is 19.7 Å². The number of nitrogens with zero attached hydrogens (tertiary/aromatic N) is 4. The SMILES string of the molecule is C=C(Nc1ccc(OCCc2ccncc2)c2ccccc12)Nc1cc(C(C)(C)C)nn1-c1ccc(C)nc1. The first kappa shape index (κ1) is 26.0. The molecule has 0 saturated heterocycles. The maximum absolute atomic E-state index is 6.18. The number of hydrogen-bond acceptors (Lipinski definition) is 6. The Kier molecular flexibility index (Phi) is 7.32. The lowest BCUT2D eigenvalue weighted by Crippen LogP contribution is -2.13. The van der Waals surface area contributed by atoms with Crippen LogP contribution in [0, 0.1) is 6.92 Å². The average molecular weight is 519 g/mol. The Morgan fingerprint density at radius 3 is 2.44 bits per heavy atom. The molecular weight excluding hydrogens is 484 g/mol. The van der Waals surface area contributed by atoms with Gasteiger partial charge in [-0.25, -0.2) is 4.68 Å². The fourth-order valence-electron chi connectivity index (χ4n) is 4.30. The van der Waals surface area contributed by atoms with E-state index in [2.05, 4.69) is 66.2 Å². The van der Waals surface area contributed by atoms with Gasteiger partial charge in [-0.1, -0.05) is 51.6 Å². The number of pyridine rings is 2. The molecule has 7 nitrogen and oxygen atoms in total. The second kappa shape index (κ2) is 11.0. The summed E-state index contributed by atoms with van der Waals surface area (Å²) in [5, 5.41) is 13.8. The quantitative estimate of drug-likeness (QED) is 0.218. The lowest BCUT2D eigenvalue weighted by Gasteiger charge is -2.17.